The molecule has 2 N–H and O–H groups in total. The Morgan fingerprint density at radius 3 is 1.35 bits per heavy atom. The SMILES string of the molecule is CCC.O=C(O)Oc1ccc(OC(=O)O)cc1. The van der Waals surface area contributed by atoms with Crippen LogP contribution in [-0.4, -0.2) is 22.5 Å². The highest BCUT2D eigenvalue weighted by atomic mass is 16.7. The van der Waals surface area contributed by atoms with E-state index in [0.717, 1.165) is 0 Å². The van der Waals surface area contributed by atoms with Gasteiger partial charge in [0.1, 0.15) is 11.5 Å². The second kappa shape index (κ2) is 7.98. The van der Waals surface area contributed by atoms with Crippen molar-refractivity contribution < 1.29 is 29.3 Å². The molecule has 0 radical (unpaired) electrons. The van der Waals surface area contributed by atoms with Crippen LogP contribution in [0.4, 0.5) is 9.59 Å². The van der Waals surface area contributed by atoms with Crippen LogP contribution >= 0.6 is 0 Å². The van der Waals surface area contributed by atoms with Gasteiger partial charge in [0.15, 0.2) is 0 Å². The Hall–Kier alpha value is -2.24. The number of rotatable bonds is 2. The molecule has 0 spiro atoms. The summed E-state index contributed by atoms with van der Waals surface area (Å²) in [5.41, 5.74) is 0. The lowest BCUT2D eigenvalue weighted by Gasteiger charge is -2.01. The molecule has 0 unspecified atom stereocenters. The molecule has 1 rings (SSSR count). The molecule has 0 saturated carbocycles. The maximum Gasteiger partial charge on any atom is 0.511 e. The maximum absolute atomic E-state index is 10.1. The lowest BCUT2D eigenvalue weighted by molar-refractivity contribution is 0.141. The molecule has 6 nitrogen and oxygen atoms in total. The molecule has 1 aromatic carbocycles. The average Bonchev–Trinajstić information content (AvgIpc) is 2.20. The van der Waals surface area contributed by atoms with Crippen LogP contribution in [-0.2, 0) is 0 Å². The van der Waals surface area contributed by atoms with Crippen molar-refractivity contribution in [2.75, 3.05) is 0 Å². The molecule has 0 saturated heterocycles. The second-order valence-corrected chi connectivity index (χ2v) is 2.91. The number of ether oxygens (including phenoxy) is 2. The predicted molar refractivity (Wildman–Crippen MR) is 59.7 cm³/mol. The van der Waals surface area contributed by atoms with Crippen molar-refractivity contribution in [3.8, 4) is 11.5 Å². The third kappa shape index (κ3) is 7.66. The number of carboxylic acid groups (broad SMARTS) is 2. The van der Waals surface area contributed by atoms with E-state index in [1.165, 1.54) is 30.7 Å². The number of carbonyl (C=O) groups is 2. The first kappa shape index (κ1) is 14.8. The fourth-order valence-corrected chi connectivity index (χ4v) is 0.777. The van der Waals surface area contributed by atoms with Crippen LogP contribution in [0.25, 0.3) is 0 Å². The average molecular weight is 242 g/mol. The first-order chi connectivity index (χ1) is 7.99. The summed E-state index contributed by atoms with van der Waals surface area (Å²) in [4.78, 5) is 20.2. The zero-order valence-corrected chi connectivity index (χ0v) is 9.54. The monoisotopic (exact) mass is 242 g/mol. The molecular formula is C11H14O6. The van der Waals surface area contributed by atoms with E-state index in [1.54, 1.807) is 0 Å². The van der Waals surface area contributed by atoms with E-state index < -0.39 is 12.3 Å². The van der Waals surface area contributed by atoms with Gasteiger partial charge >= 0.3 is 12.3 Å². The topological polar surface area (TPSA) is 93.1 Å². The van der Waals surface area contributed by atoms with Crippen LogP contribution in [0.3, 0.4) is 0 Å². The number of hydrogen-bond acceptors (Lipinski definition) is 4. The van der Waals surface area contributed by atoms with Crippen LogP contribution in [0.1, 0.15) is 20.3 Å². The van der Waals surface area contributed by atoms with Crippen molar-refractivity contribution in [2.45, 2.75) is 20.3 Å². The molecular weight excluding hydrogens is 228 g/mol. The Morgan fingerprint density at radius 2 is 1.18 bits per heavy atom. The van der Waals surface area contributed by atoms with Crippen LogP contribution in [0, 0.1) is 0 Å². The molecule has 0 bridgehead atoms. The van der Waals surface area contributed by atoms with Gasteiger partial charge in [0, 0.05) is 0 Å². The summed E-state index contributed by atoms with van der Waals surface area (Å²) >= 11 is 0. The van der Waals surface area contributed by atoms with Gasteiger partial charge in [-0.1, -0.05) is 20.3 Å². The van der Waals surface area contributed by atoms with Crippen LogP contribution in [0.5, 0.6) is 11.5 Å². The minimum Gasteiger partial charge on any atom is -0.449 e. The lowest BCUT2D eigenvalue weighted by Crippen LogP contribution is -2.04. The van der Waals surface area contributed by atoms with E-state index in [2.05, 4.69) is 23.3 Å². The van der Waals surface area contributed by atoms with Gasteiger partial charge in [0.25, 0.3) is 0 Å². The summed E-state index contributed by atoms with van der Waals surface area (Å²) in [5.74, 6) is 0.186. The highest BCUT2D eigenvalue weighted by molar-refractivity contribution is 5.62. The van der Waals surface area contributed by atoms with Gasteiger partial charge in [0.2, 0.25) is 0 Å². The van der Waals surface area contributed by atoms with Gasteiger partial charge < -0.3 is 19.7 Å². The summed E-state index contributed by atoms with van der Waals surface area (Å²) in [6, 6.07) is 5.14. The summed E-state index contributed by atoms with van der Waals surface area (Å²) in [5, 5.41) is 16.5. The van der Waals surface area contributed by atoms with Crippen molar-refractivity contribution in [3.05, 3.63) is 24.3 Å². The van der Waals surface area contributed by atoms with Gasteiger partial charge in [-0.3, -0.25) is 0 Å². The molecule has 1 aromatic rings. The second-order valence-electron chi connectivity index (χ2n) is 2.91. The van der Waals surface area contributed by atoms with E-state index in [1.807, 2.05) is 0 Å². The Balaban J connectivity index is 0.000000770. The number of benzene rings is 1. The summed E-state index contributed by atoms with van der Waals surface area (Å²) in [6.45, 7) is 4.25. The van der Waals surface area contributed by atoms with E-state index in [9.17, 15) is 9.59 Å². The zero-order valence-electron chi connectivity index (χ0n) is 9.54. The van der Waals surface area contributed by atoms with E-state index in [0.29, 0.717) is 0 Å². The van der Waals surface area contributed by atoms with Gasteiger partial charge in [0.05, 0.1) is 0 Å². The normalized spacial score (nSPS) is 8.59. The molecule has 0 atom stereocenters. The fraction of sp³-hybridized carbons (Fsp3) is 0.273. The zero-order chi connectivity index (χ0) is 13.3. The van der Waals surface area contributed by atoms with Crippen molar-refractivity contribution in [1.82, 2.24) is 0 Å². The predicted octanol–water partition coefficient (Wildman–Crippen LogP) is 3.22. The summed E-state index contributed by atoms with van der Waals surface area (Å²) in [7, 11) is 0. The first-order valence-electron chi connectivity index (χ1n) is 4.91. The molecule has 6 heteroatoms. The smallest absolute Gasteiger partial charge is 0.449 e. The first-order valence-corrected chi connectivity index (χ1v) is 4.91. The minimum atomic E-state index is -1.43. The minimum absolute atomic E-state index is 0.0928. The number of hydrogen-bond donors (Lipinski definition) is 2. The van der Waals surface area contributed by atoms with E-state index >= 15 is 0 Å². The van der Waals surface area contributed by atoms with Gasteiger partial charge in [-0.15, -0.1) is 0 Å². The van der Waals surface area contributed by atoms with Gasteiger partial charge in [-0.25, -0.2) is 9.59 Å². The van der Waals surface area contributed by atoms with E-state index in [4.69, 9.17) is 10.2 Å². The Kier molecular flexibility index (Phi) is 6.92. The fourth-order valence-electron chi connectivity index (χ4n) is 0.777. The molecule has 0 aliphatic carbocycles. The standard InChI is InChI=1S/C8H6O6.C3H8/c9-7(10)13-5-1-2-6(4-3-5)14-8(11)12;1-3-2/h1-4H,(H,9,10)(H,11,12);3H2,1-2H3. The summed E-state index contributed by atoms with van der Waals surface area (Å²) < 4.78 is 8.58. The van der Waals surface area contributed by atoms with Crippen molar-refractivity contribution in [3.63, 3.8) is 0 Å². The molecule has 0 aliphatic heterocycles. The lowest BCUT2D eigenvalue weighted by atomic mass is 10.3. The van der Waals surface area contributed by atoms with Crippen molar-refractivity contribution in [1.29, 1.82) is 0 Å². The van der Waals surface area contributed by atoms with Gasteiger partial charge in [-0.05, 0) is 24.3 Å². The van der Waals surface area contributed by atoms with Crippen molar-refractivity contribution >= 4 is 12.3 Å². The molecule has 0 aliphatic rings. The third-order valence-corrected chi connectivity index (χ3v) is 1.23. The molecule has 17 heavy (non-hydrogen) atoms. The molecule has 94 valence electrons. The van der Waals surface area contributed by atoms with E-state index in [-0.39, 0.29) is 11.5 Å². The quantitative estimate of drug-likeness (QED) is 0.611. The Morgan fingerprint density at radius 1 is 0.941 bits per heavy atom. The van der Waals surface area contributed by atoms with Crippen LogP contribution in [0.2, 0.25) is 0 Å². The molecule has 0 aromatic heterocycles. The van der Waals surface area contributed by atoms with Gasteiger partial charge in [-0.2, -0.15) is 0 Å². The molecule has 0 fully saturated rings. The Labute approximate surface area is 98.4 Å². The van der Waals surface area contributed by atoms with Crippen LogP contribution < -0.4 is 9.47 Å². The van der Waals surface area contributed by atoms with Crippen LogP contribution in [0.15, 0.2) is 24.3 Å². The molecule has 0 amide bonds. The maximum atomic E-state index is 10.1. The summed E-state index contributed by atoms with van der Waals surface area (Å²) in [6.07, 6.45) is -1.62. The highest BCUT2D eigenvalue weighted by Crippen LogP contribution is 2.17. The molecule has 0 heterocycles. The highest BCUT2D eigenvalue weighted by Gasteiger charge is 2.03. The van der Waals surface area contributed by atoms with Crippen molar-refractivity contribution in [2.24, 2.45) is 0 Å². The Bertz CT molecular complexity index is 322. The third-order valence-electron chi connectivity index (χ3n) is 1.23. The largest absolute Gasteiger partial charge is 0.511 e.